The van der Waals surface area contributed by atoms with Gasteiger partial charge in [-0.2, -0.15) is 0 Å². The Labute approximate surface area is 65.1 Å². The number of alkyl halides is 1. The number of carbonyl (C=O) groups is 1. The predicted molar refractivity (Wildman–Crippen MR) is 40.0 cm³/mol. The van der Waals surface area contributed by atoms with Gasteiger partial charge < -0.3 is 0 Å². The number of halogens is 1. The van der Waals surface area contributed by atoms with Crippen LogP contribution >= 0.6 is 11.6 Å². The zero-order valence-corrected chi connectivity index (χ0v) is 6.34. The first-order valence-electron chi connectivity index (χ1n) is 3.65. The van der Waals surface area contributed by atoms with Gasteiger partial charge in [0.05, 0.1) is 5.38 Å². The lowest BCUT2D eigenvalue weighted by Crippen LogP contribution is -2.37. The number of Topliss-reactive ketones (excluding diaryl/α,β-unsaturated/α-hetero) is 1. The Kier molecular flexibility index (Phi) is 1.34. The summed E-state index contributed by atoms with van der Waals surface area (Å²) in [5.41, 5.74) is 0. The Morgan fingerprint density at radius 2 is 2.20 bits per heavy atom. The molecule has 0 spiro atoms. The van der Waals surface area contributed by atoms with Gasteiger partial charge in [-0.05, 0) is 12.8 Å². The summed E-state index contributed by atoms with van der Waals surface area (Å²) in [4.78, 5) is 11.2. The third-order valence-electron chi connectivity index (χ3n) is 2.41. The van der Waals surface area contributed by atoms with Crippen molar-refractivity contribution in [3.63, 3.8) is 0 Å². The molecule has 2 heteroatoms. The maximum Gasteiger partial charge on any atom is 0.158 e. The maximum absolute atomic E-state index is 11.2. The van der Waals surface area contributed by atoms with E-state index < -0.39 is 0 Å². The second kappa shape index (κ2) is 2.09. The molecule has 2 bridgehead atoms. The molecule has 0 heterocycles. The quantitative estimate of drug-likeness (QED) is 0.386. The Balaban J connectivity index is 2.33. The molecule has 0 radical (unpaired) electrons. The fourth-order valence-electron chi connectivity index (χ4n) is 1.74. The van der Waals surface area contributed by atoms with Crippen molar-refractivity contribution < 1.29 is 4.79 Å². The number of ketones is 1. The van der Waals surface area contributed by atoms with E-state index in [-0.39, 0.29) is 17.1 Å². The average molecular weight is 157 g/mol. The first kappa shape index (κ1) is 6.41. The molecule has 10 heavy (non-hydrogen) atoms. The molecule has 3 aliphatic carbocycles. The van der Waals surface area contributed by atoms with Crippen LogP contribution in [0.4, 0.5) is 0 Å². The molecule has 1 nitrogen and oxygen atoms in total. The summed E-state index contributed by atoms with van der Waals surface area (Å²) >= 11 is 5.86. The highest BCUT2D eigenvalue weighted by molar-refractivity contribution is 6.32. The van der Waals surface area contributed by atoms with Crippen molar-refractivity contribution in [2.24, 2.45) is 11.8 Å². The van der Waals surface area contributed by atoms with Gasteiger partial charge in [-0.15, -0.1) is 11.6 Å². The molecule has 0 aromatic heterocycles. The monoisotopic (exact) mass is 156 g/mol. The van der Waals surface area contributed by atoms with E-state index >= 15 is 0 Å². The fraction of sp³-hybridized carbons (Fsp3) is 0.625. The van der Waals surface area contributed by atoms with E-state index in [1.165, 1.54) is 0 Å². The Bertz CT molecular complexity index is 197. The van der Waals surface area contributed by atoms with Gasteiger partial charge in [-0.3, -0.25) is 4.79 Å². The summed E-state index contributed by atoms with van der Waals surface area (Å²) < 4.78 is 0. The van der Waals surface area contributed by atoms with Crippen molar-refractivity contribution in [1.82, 2.24) is 0 Å². The van der Waals surface area contributed by atoms with E-state index in [1.54, 1.807) is 0 Å². The van der Waals surface area contributed by atoms with E-state index in [0.717, 1.165) is 12.8 Å². The number of allylic oxidation sites excluding steroid dienone is 2. The van der Waals surface area contributed by atoms with E-state index in [2.05, 4.69) is 6.08 Å². The number of fused-ring (bicyclic) bond motifs is 2. The Hall–Kier alpha value is -0.300. The molecule has 3 aliphatic rings. The molecule has 3 atom stereocenters. The molecule has 1 fully saturated rings. The number of hydrogen-bond acceptors (Lipinski definition) is 1. The van der Waals surface area contributed by atoms with Crippen LogP contribution in [0.2, 0.25) is 0 Å². The molecule has 0 aromatic carbocycles. The number of hydrogen-bond donors (Lipinski definition) is 0. The van der Waals surface area contributed by atoms with Crippen molar-refractivity contribution in [3.05, 3.63) is 12.2 Å². The minimum absolute atomic E-state index is 0.146. The fourth-order valence-corrected chi connectivity index (χ4v) is 2.11. The number of rotatable bonds is 0. The van der Waals surface area contributed by atoms with Crippen molar-refractivity contribution in [2.75, 3.05) is 0 Å². The third kappa shape index (κ3) is 0.734. The maximum atomic E-state index is 11.2. The third-order valence-corrected chi connectivity index (χ3v) is 2.95. The van der Waals surface area contributed by atoms with Gasteiger partial charge in [0.15, 0.2) is 5.78 Å². The summed E-state index contributed by atoms with van der Waals surface area (Å²) in [6, 6.07) is 0. The Morgan fingerprint density at radius 1 is 1.40 bits per heavy atom. The minimum Gasteiger partial charge on any atom is -0.297 e. The minimum atomic E-state index is -0.219. The van der Waals surface area contributed by atoms with Crippen molar-refractivity contribution >= 4 is 17.4 Å². The van der Waals surface area contributed by atoms with Crippen molar-refractivity contribution in [3.8, 4) is 0 Å². The van der Waals surface area contributed by atoms with Crippen LogP contribution in [0.5, 0.6) is 0 Å². The van der Waals surface area contributed by atoms with Gasteiger partial charge in [0.2, 0.25) is 0 Å². The summed E-state index contributed by atoms with van der Waals surface area (Å²) in [5.74, 6) is 0.715. The molecule has 1 saturated carbocycles. The van der Waals surface area contributed by atoms with Crippen LogP contribution in [0, 0.1) is 11.8 Å². The van der Waals surface area contributed by atoms with Gasteiger partial charge in [0, 0.05) is 11.8 Å². The lowest BCUT2D eigenvalue weighted by atomic mass is 9.75. The summed E-state index contributed by atoms with van der Waals surface area (Å²) in [6.07, 6.45) is 6.22. The molecular weight excluding hydrogens is 148 g/mol. The number of carbonyl (C=O) groups excluding carboxylic acids is 1. The standard InChI is InChI=1S/C8H9ClO/c9-7-5-1-3-6(4-2-5)8(7)10/h1,3,5-7H,2,4H2/t5-,6-,7+/m0/s1. The van der Waals surface area contributed by atoms with Crippen LogP contribution in [0.1, 0.15) is 12.8 Å². The van der Waals surface area contributed by atoms with Crippen LogP contribution in [0.3, 0.4) is 0 Å². The smallest absolute Gasteiger partial charge is 0.158 e. The lowest BCUT2D eigenvalue weighted by Gasteiger charge is -2.32. The van der Waals surface area contributed by atoms with E-state index in [1.807, 2.05) is 6.08 Å². The van der Waals surface area contributed by atoms with Crippen LogP contribution < -0.4 is 0 Å². The predicted octanol–water partition coefficient (Wildman–Crippen LogP) is 1.76. The molecular formula is C8H9ClO. The summed E-state index contributed by atoms with van der Waals surface area (Å²) in [7, 11) is 0. The topological polar surface area (TPSA) is 17.1 Å². The average Bonchev–Trinajstić information content (AvgIpc) is 2.00. The summed E-state index contributed by atoms with van der Waals surface area (Å²) in [5, 5.41) is -0.219. The normalized spacial score (nSPS) is 44.5. The highest BCUT2D eigenvalue weighted by Crippen LogP contribution is 2.36. The van der Waals surface area contributed by atoms with Crippen LogP contribution in [-0.4, -0.2) is 11.2 Å². The van der Waals surface area contributed by atoms with Gasteiger partial charge in [-0.1, -0.05) is 12.2 Å². The zero-order chi connectivity index (χ0) is 7.14. The molecule has 0 aliphatic heterocycles. The molecule has 0 amide bonds. The van der Waals surface area contributed by atoms with Crippen LogP contribution in [0.25, 0.3) is 0 Å². The van der Waals surface area contributed by atoms with Gasteiger partial charge in [0.1, 0.15) is 0 Å². The van der Waals surface area contributed by atoms with Gasteiger partial charge in [-0.25, -0.2) is 0 Å². The first-order valence-corrected chi connectivity index (χ1v) is 4.09. The zero-order valence-electron chi connectivity index (χ0n) is 5.59. The molecule has 54 valence electrons. The second-order valence-corrected chi connectivity index (χ2v) is 3.51. The molecule has 0 N–H and O–H groups in total. The van der Waals surface area contributed by atoms with Crippen LogP contribution in [0.15, 0.2) is 12.2 Å². The molecule has 0 saturated heterocycles. The summed E-state index contributed by atoms with van der Waals surface area (Å²) in [6.45, 7) is 0. The largest absolute Gasteiger partial charge is 0.297 e. The van der Waals surface area contributed by atoms with E-state index in [0.29, 0.717) is 5.92 Å². The van der Waals surface area contributed by atoms with E-state index in [9.17, 15) is 4.79 Å². The van der Waals surface area contributed by atoms with Crippen LogP contribution in [-0.2, 0) is 4.79 Å². The van der Waals surface area contributed by atoms with Crippen molar-refractivity contribution in [1.29, 1.82) is 0 Å². The second-order valence-electron chi connectivity index (χ2n) is 3.04. The molecule has 0 aromatic rings. The lowest BCUT2D eigenvalue weighted by molar-refractivity contribution is -0.124. The molecule has 0 unspecified atom stereocenters. The van der Waals surface area contributed by atoms with Gasteiger partial charge >= 0.3 is 0 Å². The Morgan fingerprint density at radius 3 is 2.50 bits per heavy atom. The molecule has 3 rings (SSSR count). The van der Waals surface area contributed by atoms with Crippen molar-refractivity contribution in [2.45, 2.75) is 18.2 Å². The first-order chi connectivity index (χ1) is 4.79. The highest BCUT2D eigenvalue weighted by Gasteiger charge is 2.37. The highest BCUT2D eigenvalue weighted by atomic mass is 35.5. The van der Waals surface area contributed by atoms with Gasteiger partial charge in [0.25, 0.3) is 0 Å². The van der Waals surface area contributed by atoms with E-state index in [4.69, 9.17) is 11.6 Å². The SMILES string of the molecule is O=C1[C@H]2C=C[C@@H](CC2)[C@H]1Cl.